The van der Waals surface area contributed by atoms with Gasteiger partial charge in [0.05, 0.1) is 42.2 Å². The molecule has 0 bridgehead atoms. The van der Waals surface area contributed by atoms with Gasteiger partial charge in [-0.25, -0.2) is 4.79 Å². The molecular formula is C26H32O9. The standard InChI is InChI=1S/C26H32O9/c1-22(2)15-9-16(27)24(4)14(25(15)12-33-18(28)10-17(25)34-22)5-7-23(3,19(29)13-6-8-32-11-13)26(24)20(35-26)21(30)31/h6,8,11,14-15,17,19-20,29H,5,7,9-10,12H2,1-4H3,(H,30,31)/t14?,15?,17?,19-,20+,23-,24-,25+,26+/m0/s1. The fourth-order valence-electron chi connectivity index (χ4n) is 8.99. The van der Waals surface area contributed by atoms with Gasteiger partial charge in [0.1, 0.15) is 18.0 Å². The zero-order chi connectivity index (χ0) is 25.2. The average molecular weight is 489 g/mol. The molecule has 1 aromatic heterocycles. The summed E-state index contributed by atoms with van der Waals surface area (Å²) in [6, 6.07) is 1.65. The summed E-state index contributed by atoms with van der Waals surface area (Å²) < 4.78 is 23.4. The van der Waals surface area contributed by atoms with Crippen LogP contribution in [0.15, 0.2) is 23.0 Å². The van der Waals surface area contributed by atoms with Gasteiger partial charge < -0.3 is 28.8 Å². The Morgan fingerprint density at radius 2 is 1.86 bits per heavy atom. The van der Waals surface area contributed by atoms with E-state index in [0.717, 1.165) is 0 Å². The number of furan rings is 1. The molecule has 6 rings (SSSR count). The molecule has 3 aliphatic heterocycles. The number of aliphatic hydroxyl groups is 1. The Morgan fingerprint density at radius 3 is 2.49 bits per heavy atom. The van der Waals surface area contributed by atoms with Crippen molar-refractivity contribution in [3.05, 3.63) is 24.2 Å². The van der Waals surface area contributed by atoms with Gasteiger partial charge in [0, 0.05) is 28.7 Å². The number of cyclic esters (lactones) is 1. The van der Waals surface area contributed by atoms with Gasteiger partial charge in [0.15, 0.2) is 6.10 Å². The van der Waals surface area contributed by atoms with E-state index in [1.807, 2.05) is 27.7 Å². The molecule has 2 spiro atoms. The number of rotatable bonds is 3. The number of carbonyl (C=O) groups excluding carboxylic acids is 2. The fourth-order valence-corrected chi connectivity index (χ4v) is 8.99. The molecule has 4 heterocycles. The molecule has 0 aromatic carbocycles. The molecule has 3 unspecified atom stereocenters. The number of epoxide rings is 1. The highest BCUT2D eigenvalue weighted by Crippen LogP contribution is 2.78. The van der Waals surface area contributed by atoms with Gasteiger partial charge >= 0.3 is 11.9 Å². The first kappa shape index (κ1) is 23.2. The van der Waals surface area contributed by atoms with Gasteiger partial charge in [-0.1, -0.05) is 6.92 Å². The van der Waals surface area contributed by atoms with Crippen molar-refractivity contribution < 1.29 is 43.2 Å². The zero-order valence-corrected chi connectivity index (χ0v) is 20.4. The van der Waals surface area contributed by atoms with Crippen molar-refractivity contribution in [2.24, 2.45) is 28.1 Å². The molecule has 0 radical (unpaired) electrons. The Morgan fingerprint density at radius 1 is 1.11 bits per heavy atom. The molecular weight excluding hydrogens is 456 g/mol. The number of aliphatic carboxylic acids is 1. The first-order chi connectivity index (χ1) is 16.4. The van der Waals surface area contributed by atoms with E-state index in [9.17, 15) is 24.6 Å². The zero-order valence-electron chi connectivity index (χ0n) is 20.4. The number of carboxylic acids is 1. The Kier molecular flexibility index (Phi) is 4.47. The molecule has 9 heteroatoms. The van der Waals surface area contributed by atoms with Gasteiger partial charge in [-0.15, -0.1) is 0 Å². The number of fused-ring (bicyclic) bond motifs is 2. The van der Waals surface area contributed by atoms with Crippen LogP contribution in [0.1, 0.15) is 65.0 Å². The minimum Gasteiger partial charge on any atom is -0.479 e. The maximum absolute atomic E-state index is 14.2. The van der Waals surface area contributed by atoms with Crippen LogP contribution in [-0.2, 0) is 28.6 Å². The van der Waals surface area contributed by atoms with Crippen LogP contribution in [0.2, 0.25) is 0 Å². The summed E-state index contributed by atoms with van der Waals surface area (Å²) in [6.07, 6.45) is 1.37. The third-order valence-corrected chi connectivity index (χ3v) is 10.6. The predicted molar refractivity (Wildman–Crippen MR) is 118 cm³/mol. The van der Waals surface area contributed by atoms with Crippen molar-refractivity contribution in [3.63, 3.8) is 0 Å². The van der Waals surface area contributed by atoms with E-state index < -0.39 is 51.7 Å². The summed E-state index contributed by atoms with van der Waals surface area (Å²) in [6.45, 7) is 7.67. The molecule has 2 saturated carbocycles. The second kappa shape index (κ2) is 6.75. The Bertz CT molecular complexity index is 1110. The number of esters is 1. The Hall–Kier alpha value is -2.23. The van der Waals surface area contributed by atoms with Crippen LogP contribution in [0, 0.1) is 28.1 Å². The lowest BCUT2D eigenvalue weighted by Crippen LogP contribution is -2.71. The Balaban J connectivity index is 1.53. The van der Waals surface area contributed by atoms with E-state index in [4.69, 9.17) is 18.6 Å². The van der Waals surface area contributed by atoms with Gasteiger partial charge in [-0.2, -0.15) is 0 Å². The normalized spacial score (nSPS) is 48.5. The number of carboxylic acid groups (broad SMARTS) is 1. The van der Waals surface area contributed by atoms with E-state index in [1.54, 1.807) is 6.07 Å². The third-order valence-electron chi connectivity index (χ3n) is 10.6. The highest BCUT2D eigenvalue weighted by molar-refractivity contribution is 5.92. The molecule has 1 aromatic rings. The molecule has 2 N–H and O–H groups in total. The van der Waals surface area contributed by atoms with Crippen LogP contribution in [0.3, 0.4) is 0 Å². The SMILES string of the molecule is CC1(C)OC2CC(=O)OC[C@@]23C1CC(=O)[C@]1(C)C3CC[C@@](C)([C@@H](O)c2ccoc2)[C@@]12O[C@@H]2C(=O)O. The van der Waals surface area contributed by atoms with E-state index in [1.165, 1.54) is 12.5 Å². The van der Waals surface area contributed by atoms with Crippen molar-refractivity contribution in [2.45, 2.75) is 82.9 Å². The first-order valence-electron chi connectivity index (χ1n) is 12.3. The molecule has 5 fully saturated rings. The summed E-state index contributed by atoms with van der Waals surface area (Å²) >= 11 is 0. The highest BCUT2D eigenvalue weighted by Gasteiger charge is 2.87. The summed E-state index contributed by atoms with van der Waals surface area (Å²) in [7, 11) is 0. The largest absolute Gasteiger partial charge is 0.479 e. The molecule has 3 saturated heterocycles. The number of hydrogen-bond acceptors (Lipinski definition) is 8. The van der Waals surface area contributed by atoms with Crippen LogP contribution < -0.4 is 0 Å². The average Bonchev–Trinajstić information content (AvgIpc) is 3.25. The van der Waals surface area contributed by atoms with Crippen LogP contribution >= 0.6 is 0 Å². The topological polar surface area (TPSA) is 136 Å². The summed E-state index contributed by atoms with van der Waals surface area (Å²) in [5.41, 5.74) is -4.49. The first-order valence-corrected chi connectivity index (χ1v) is 12.3. The van der Waals surface area contributed by atoms with Crippen LogP contribution in [0.25, 0.3) is 0 Å². The lowest BCUT2D eigenvalue weighted by molar-refractivity contribution is -0.218. The summed E-state index contributed by atoms with van der Waals surface area (Å²) in [5.74, 6) is -2.08. The molecule has 190 valence electrons. The predicted octanol–water partition coefficient (Wildman–Crippen LogP) is 2.66. The second-order valence-electron chi connectivity index (χ2n) is 12.1. The number of ketones is 1. The van der Waals surface area contributed by atoms with Gasteiger partial charge in [0.25, 0.3) is 0 Å². The van der Waals surface area contributed by atoms with E-state index >= 15 is 0 Å². The smallest absolute Gasteiger partial charge is 0.335 e. The van der Waals surface area contributed by atoms with Gasteiger partial charge in [-0.05, 0) is 45.6 Å². The van der Waals surface area contributed by atoms with Crippen LogP contribution in [0.5, 0.6) is 0 Å². The molecule has 2 aliphatic carbocycles. The van der Waals surface area contributed by atoms with Gasteiger partial charge in [0.2, 0.25) is 0 Å². The third kappa shape index (κ3) is 2.47. The van der Waals surface area contributed by atoms with Crippen molar-refractivity contribution >= 4 is 17.7 Å². The van der Waals surface area contributed by atoms with Crippen molar-refractivity contribution in [1.29, 1.82) is 0 Å². The number of aliphatic hydroxyl groups excluding tert-OH is 1. The molecule has 0 amide bonds. The van der Waals surface area contributed by atoms with E-state index in [2.05, 4.69) is 0 Å². The lowest BCUT2D eigenvalue weighted by atomic mass is 9.37. The second-order valence-corrected chi connectivity index (χ2v) is 12.1. The molecule has 35 heavy (non-hydrogen) atoms. The fraction of sp³-hybridized carbons (Fsp3) is 0.731. The number of carbonyl (C=O) groups is 3. The number of hydrogen-bond donors (Lipinski definition) is 2. The quantitative estimate of drug-likeness (QED) is 0.486. The maximum Gasteiger partial charge on any atom is 0.335 e. The monoisotopic (exact) mass is 488 g/mol. The van der Waals surface area contributed by atoms with E-state index in [0.29, 0.717) is 18.4 Å². The van der Waals surface area contributed by atoms with Crippen molar-refractivity contribution in [2.75, 3.05) is 6.61 Å². The highest BCUT2D eigenvalue weighted by atomic mass is 16.6. The number of ether oxygens (including phenoxy) is 3. The minimum atomic E-state index is -1.43. The van der Waals surface area contributed by atoms with Crippen molar-refractivity contribution in [3.8, 4) is 0 Å². The maximum atomic E-state index is 14.2. The van der Waals surface area contributed by atoms with Crippen LogP contribution in [0.4, 0.5) is 0 Å². The van der Waals surface area contributed by atoms with Crippen LogP contribution in [-0.4, -0.2) is 58.0 Å². The Labute approximate surface area is 203 Å². The number of Topliss-reactive ketones (excluding diaryl/α,β-unsaturated/α-hetero) is 1. The summed E-state index contributed by atoms with van der Waals surface area (Å²) in [4.78, 5) is 38.9. The van der Waals surface area contributed by atoms with Crippen molar-refractivity contribution in [1.82, 2.24) is 0 Å². The summed E-state index contributed by atoms with van der Waals surface area (Å²) in [5, 5.41) is 21.7. The van der Waals surface area contributed by atoms with Gasteiger partial charge in [-0.3, -0.25) is 9.59 Å². The molecule has 9 nitrogen and oxygen atoms in total. The van der Waals surface area contributed by atoms with E-state index in [-0.39, 0.29) is 43.0 Å². The molecule has 9 atom stereocenters. The minimum absolute atomic E-state index is 0.0820. The lowest BCUT2D eigenvalue weighted by Gasteiger charge is -2.64. The molecule has 5 aliphatic rings.